The van der Waals surface area contributed by atoms with Gasteiger partial charge in [0.25, 0.3) is 0 Å². The summed E-state index contributed by atoms with van der Waals surface area (Å²) in [5.41, 5.74) is -5.65. The summed E-state index contributed by atoms with van der Waals surface area (Å²) in [4.78, 5) is 1.47. The number of quaternary nitrogens is 1. The predicted molar refractivity (Wildman–Crippen MR) is 46.2 cm³/mol. The first-order valence-electron chi connectivity index (χ1n) is 4.41. The first-order valence-corrected chi connectivity index (χ1v) is 5.82. The van der Waals surface area contributed by atoms with Gasteiger partial charge in [-0.25, -0.2) is 8.42 Å². The van der Waals surface area contributed by atoms with Crippen LogP contribution in [-0.2, 0) is 10.1 Å². The first-order chi connectivity index (χ1) is 7.18. The van der Waals surface area contributed by atoms with E-state index in [1.54, 1.807) is 0 Å². The Morgan fingerprint density at radius 3 is 1.94 bits per heavy atom. The zero-order valence-electron chi connectivity index (χ0n) is 8.25. The third-order valence-corrected chi connectivity index (χ3v) is 2.49. The Kier molecular flexibility index (Phi) is 5.71. The molecule has 0 aromatic carbocycles. The Hall–Kier alpha value is -0.850. The molecule has 1 rings (SSSR count). The number of halogens is 3. The molecule has 0 aromatic heterocycles. The lowest BCUT2D eigenvalue weighted by Gasteiger charge is -2.08. The highest BCUT2D eigenvalue weighted by Gasteiger charge is 2.36. The quantitative estimate of drug-likeness (QED) is 0.381. The molecule has 0 atom stereocenters. The molecule has 0 unspecified atom stereocenters. The fourth-order valence-electron chi connectivity index (χ4n) is 1.16. The van der Waals surface area contributed by atoms with Gasteiger partial charge in [0.15, 0.2) is 16.7 Å². The van der Waals surface area contributed by atoms with E-state index < -0.39 is 15.6 Å². The number of rotatable bonds is 1. The average molecular weight is 260 g/mol. The van der Waals surface area contributed by atoms with Gasteiger partial charge in [-0.2, -0.15) is 18.4 Å². The largest absolute Gasteiger partial charge is 0.741 e. The number of likely N-dealkylation sites (tertiary alicyclic amines) is 1. The van der Waals surface area contributed by atoms with E-state index in [9.17, 15) is 13.2 Å². The average Bonchev–Trinajstić information content (AvgIpc) is 2.54. The van der Waals surface area contributed by atoms with Gasteiger partial charge in [0.1, 0.15) is 6.07 Å². The molecule has 1 aliphatic rings. The number of alkyl halides is 3. The summed E-state index contributed by atoms with van der Waals surface area (Å²) in [5, 5.41) is 8.26. The molecule has 5 nitrogen and oxygen atoms in total. The molecule has 0 spiro atoms. The molecule has 0 bridgehead atoms. The van der Waals surface area contributed by atoms with Gasteiger partial charge in [-0.05, 0) is 0 Å². The van der Waals surface area contributed by atoms with Crippen molar-refractivity contribution >= 4 is 10.1 Å². The van der Waals surface area contributed by atoms with Crippen molar-refractivity contribution < 1.29 is 31.0 Å². The van der Waals surface area contributed by atoms with Crippen LogP contribution in [0.1, 0.15) is 12.8 Å². The van der Waals surface area contributed by atoms with E-state index in [-0.39, 0.29) is 0 Å². The van der Waals surface area contributed by atoms with E-state index in [0.717, 1.165) is 0 Å². The lowest BCUT2D eigenvalue weighted by atomic mass is 10.4. The van der Waals surface area contributed by atoms with Crippen molar-refractivity contribution in [2.75, 3.05) is 19.6 Å². The molecule has 0 saturated carbocycles. The predicted octanol–water partition coefficient (Wildman–Crippen LogP) is -0.760. The number of nitrogens with one attached hydrogen (secondary N) is 1. The second-order valence-corrected chi connectivity index (χ2v) is 4.56. The SMILES string of the molecule is N#CC[NH+]1CCCC1.O=S(=O)([O-])C(F)(F)F. The maximum Gasteiger partial charge on any atom is 0.485 e. The molecule has 0 radical (unpaired) electrons. The van der Waals surface area contributed by atoms with Crippen LogP contribution in [0.25, 0.3) is 0 Å². The van der Waals surface area contributed by atoms with Crippen molar-refractivity contribution in [1.82, 2.24) is 0 Å². The molecule has 16 heavy (non-hydrogen) atoms. The molecule has 0 aromatic rings. The lowest BCUT2D eigenvalue weighted by molar-refractivity contribution is -0.879. The van der Waals surface area contributed by atoms with Crippen molar-refractivity contribution in [3.63, 3.8) is 0 Å². The smallest absolute Gasteiger partial charge is 0.485 e. The van der Waals surface area contributed by atoms with Crippen LogP contribution in [0.15, 0.2) is 0 Å². The van der Waals surface area contributed by atoms with Crippen LogP contribution in [0.5, 0.6) is 0 Å². The minimum Gasteiger partial charge on any atom is -0.741 e. The Bertz CT molecular complexity index is 341. The monoisotopic (exact) mass is 260 g/mol. The number of nitrogens with zero attached hydrogens (tertiary/aromatic N) is 1. The third-order valence-electron chi connectivity index (χ3n) is 1.92. The van der Waals surface area contributed by atoms with Gasteiger partial charge >= 0.3 is 5.51 Å². The van der Waals surface area contributed by atoms with Crippen LogP contribution in [-0.4, -0.2) is 38.1 Å². The van der Waals surface area contributed by atoms with Crippen LogP contribution < -0.4 is 4.90 Å². The first kappa shape index (κ1) is 15.2. The highest BCUT2D eigenvalue weighted by atomic mass is 32.2. The van der Waals surface area contributed by atoms with Crippen molar-refractivity contribution in [2.45, 2.75) is 18.3 Å². The molecular formula is C7H11F3N2O3S. The van der Waals surface area contributed by atoms with E-state index >= 15 is 0 Å². The van der Waals surface area contributed by atoms with Gasteiger partial charge in [0.2, 0.25) is 0 Å². The van der Waals surface area contributed by atoms with Crippen LogP contribution in [0.4, 0.5) is 13.2 Å². The van der Waals surface area contributed by atoms with Gasteiger partial charge in [-0.15, -0.1) is 0 Å². The molecule has 1 aliphatic heterocycles. The molecule has 0 aliphatic carbocycles. The van der Waals surface area contributed by atoms with Gasteiger partial charge < -0.3 is 9.45 Å². The number of nitriles is 1. The maximum absolute atomic E-state index is 10.7. The minimum atomic E-state index is -6.09. The Balaban J connectivity index is 0.000000281. The zero-order chi connectivity index (χ0) is 12.8. The summed E-state index contributed by atoms with van der Waals surface area (Å²) in [5.74, 6) is 0. The molecule has 1 heterocycles. The fraction of sp³-hybridized carbons (Fsp3) is 0.857. The van der Waals surface area contributed by atoms with Gasteiger partial charge in [-0.1, -0.05) is 0 Å². The second-order valence-electron chi connectivity index (χ2n) is 3.19. The topological polar surface area (TPSA) is 85.4 Å². The van der Waals surface area contributed by atoms with Crippen molar-refractivity contribution in [3.05, 3.63) is 0 Å². The summed E-state index contributed by atoms with van der Waals surface area (Å²) in [7, 11) is -6.09. The highest BCUT2D eigenvalue weighted by molar-refractivity contribution is 7.86. The molecular weight excluding hydrogens is 249 g/mol. The number of hydrogen-bond acceptors (Lipinski definition) is 4. The molecule has 94 valence electrons. The van der Waals surface area contributed by atoms with Crippen LogP contribution in [0, 0.1) is 11.3 Å². The lowest BCUT2D eigenvalue weighted by Crippen LogP contribution is -3.09. The van der Waals surface area contributed by atoms with Gasteiger partial charge in [0, 0.05) is 12.8 Å². The Labute approximate surface area is 91.2 Å². The summed E-state index contributed by atoms with van der Waals surface area (Å²) >= 11 is 0. The summed E-state index contributed by atoms with van der Waals surface area (Å²) in [6.07, 6.45) is 2.63. The summed E-state index contributed by atoms with van der Waals surface area (Å²) < 4.78 is 58.9. The Morgan fingerprint density at radius 1 is 1.31 bits per heavy atom. The maximum atomic E-state index is 10.7. The zero-order valence-corrected chi connectivity index (χ0v) is 9.07. The third kappa shape index (κ3) is 5.89. The second kappa shape index (κ2) is 6.03. The van der Waals surface area contributed by atoms with E-state index in [1.807, 2.05) is 0 Å². The van der Waals surface area contributed by atoms with E-state index in [2.05, 4.69) is 6.07 Å². The highest BCUT2D eigenvalue weighted by Crippen LogP contribution is 2.20. The molecule has 1 N–H and O–H groups in total. The van der Waals surface area contributed by atoms with E-state index in [1.165, 1.54) is 30.8 Å². The van der Waals surface area contributed by atoms with Crippen LogP contribution in [0.2, 0.25) is 0 Å². The standard InChI is InChI=1S/C6H10N2.CHF3O3S/c7-3-6-8-4-1-2-5-8;2-1(3,4)8(5,6)7/h1-2,4-6H2;(H,5,6,7). The molecule has 1 saturated heterocycles. The number of hydrogen-bond donors (Lipinski definition) is 1. The van der Waals surface area contributed by atoms with Gasteiger partial charge in [-0.3, -0.25) is 0 Å². The summed E-state index contributed by atoms with van der Waals surface area (Å²) in [6, 6.07) is 2.17. The van der Waals surface area contributed by atoms with Crippen molar-refractivity contribution in [1.29, 1.82) is 5.26 Å². The molecule has 9 heteroatoms. The Morgan fingerprint density at radius 2 is 1.69 bits per heavy atom. The van der Waals surface area contributed by atoms with Crippen molar-refractivity contribution in [3.8, 4) is 6.07 Å². The van der Waals surface area contributed by atoms with Crippen LogP contribution in [0.3, 0.4) is 0 Å². The molecule has 1 fully saturated rings. The van der Waals surface area contributed by atoms with Gasteiger partial charge in [0.05, 0.1) is 13.1 Å². The van der Waals surface area contributed by atoms with E-state index in [4.69, 9.17) is 18.2 Å². The summed E-state index contributed by atoms with van der Waals surface area (Å²) in [6.45, 7) is 3.14. The minimum absolute atomic E-state index is 0.708. The van der Waals surface area contributed by atoms with Crippen LogP contribution >= 0.6 is 0 Å². The van der Waals surface area contributed by atoms with E-state index in [0.29, 0.717) is 6.54 Å². The normalized spacial score (nSPS) is 17.4. The van der Waals surface area contributed by atoms with Crippen molar-refractivity contribution in [2.24, 2.45) is 0 Å². The fourth-order valence-corrected chi connectivity index (χ4v) is 1.16. The molecule has 0 amide bonds.